The summed E-state index contributed by atoms with van der Waals surface area (Å²) in [7, 11) is -3.78. The first-order valence-electron chi connectivity index (χ1n) is 7.50. The number of amides is 1. The van der Waals surface area contributed by atoms with Crippen LogP contribution in [0.1, 0.15) is 24.1 Å². The van der Waals surface area contributed by atoms with Crippen LogP contribution in [-0.2, 0) is 20.6 Å². The fourth-order valence-corrected chi connectivity index (χ4v) is 3.54. The van der Waals surface area contributed by atoms with Crippen LogP contribution in [0.15, 0.2) is 53.4 Å². The molecule has 0 fully saturated rings. The molecule has 0 radical (unpaired) electrons. The molecule has 2 rings (SSSR count). The maximum absolute atomic E-state index is 12.8. The topological polar surface area (TPSA) is 89.3 Å². The van der Waals surface area contributed by atoms with E-state index in [1.54, 1.807) is 31.2 Å². The fraction of sp³-hybridized carbons (Fsp3) is 0.235. The second kappa shape index (κ2) is 8.46. The standard InChI is InChI=1S/C17H19FN2O3S2/c1-12(14-3-2-4-16(9-14)25(19,22)23)20-17(21)11-24-10-13-5-7-15(18)8-6-13/h2-9,12H,10-11H2,1H3,(H,20,21)(H2,19,22,23). The Bertz CT molecular complexity index is 839. The quantitative estimate of drug-likeness (QED) is 0.770. The van der Waals surface area contributed by atoms with Gasteiger partial charge in [0.2, 0.25) is 15.9 Å². The third-order valence-corrected chi connectivity index (χ3v) is 5.39. The van der Waals surface area contributed by atoms with Gasteiger partial charge < -0.3 is 5.32 Å². The van der Waals surface area contributed by atoms with E-state index in [0.717, 1.165) is 5.56 Å². The molecule has 1 amide bonds. The number of nitrogens with two attached hydrogens (primary N) is 1. The molecule has 8 heteroatoms. The minimum absolute atomic E-state index is 0.0109. The Hall–Kier alpha value is -1.90. The number of hydrogen-bond donors (Lipinski definition) is 2. The monoisotopic (exact) mass is 382 g/mol. The molecule has 0 aliphatic rings. The van der Waals surface area contributed by atoms with Crippen molar-refractivity contribution in [2.45, 2.75) is 23.6 Å². The number of hydrogen-bond acceptors (Lipinski definition) is 4. The lowest BCUT2D eigenvalue weighted by Gasteiger charge is -2.15. The van der Waals surface area contributed by atoms with Crippen molar-refractivity contribution < 1.29 is 17.6 Å². The number of halogens is 1. The van der Waals surface area contributed by atoms with Crippen LogP contribution < -0.4 is 10.5 Å². The predicted octanol–water partition coefficient (Wildman–Crippen LogP) is 2.58. The first-order chi connectivity index (χ1) is 11.8. The zero-order chi connectivity index (χ0) is 18.4. The van der Waals surface area contributed by atoms with Crippen molar-refractivity contribution in [2.24, 2.45) is 5.14 Å². The van der Waals surface area contributed by atoms with Crippen LogP contribution in [0.5, 0.6) is 0 Å². The average molecular weight is 382 g/mol. The molecule has 0 aliphatic carbocycles. The van der Waals surface area contributed by atoms with Crippen molar-refractivity contribution in [2.75, 3.05) is 5.75 Å². The Morgan fingerprint density at radius 3 is 2.56 bits per heavy atom. The van der Waals surface area contributed by atoms with Crippen molar-refractivity contribution in [3.8, 4) is 0 Å². The Labute approximate surface area is 150 Å². The highest BCUT2D eigenvalue weighted by Crippen LogP contribution is 2.17. The summed E-state index contributed by atoms with van der Waals surface area (Å²) >= 11 is 1.41. The number of benzene rings is 2. The van der Waals surface area contributed by atoms with Crippen LogP contribution in [0.3, 0.4) is 0 Å². The molecular formula is C17H19FN2O3S2. The molecule has 0 aliphatic heterocycles. The Balaban J connectivity index is 1.86. The van der Waals surface area contributed by atoms with Crippen LogP contribution in [-0.4, -0.2) is 20.1 Å². The maximum atomic E-state index is 12.8. The largest absolute Gasteiger partial charge is 0.349 e. The predicted molar refractivity (Wildman–Crippen MR) is 96.9 cm³/mol. The molecule has 5 nitrogen and oxygen atoms in total. The summed E-state index contributed by atoms with van der Waals surface area (Å²) in [6, 6.07) is 12.0. The average Bonchev–Trinajstić information content (AvgIpc) is 2.56. The number of thioether (sulfide) groups is 1. The summed E-state index contributed by atoms with van der Waals surface area (Å²) in [6.07, 6.45) is 0. The number of rotatable bonds is 7. The van der Waals surface area contributed by atoms with Crippen molar-refractivity contribution in [1.82, 2.24) is 5.32 Å². The summed E-state index contributed by atoms with van der Waals surface area (Å²) in [6.45, 7) is 1.77. The highest BCUT2D eigenvalue weighted by atomic mass is 32.2. The normalized spacial score (nSPS) is 12.6. The summed E-state index contributed by atoms with van der Waals surface area (Å²) < 4.78 is 35.6. The van der Waals surface area contributed by atoms with Gasteiger partial charge in [-0.25, -0.2) is 17.9 Å². The van der Waals surface area contributed by atoms with E-state index in [1.165, 1.54) is 36.0 Å². The van der Waals surface area contributed by atoms with E-state index < -0.39 is 10.0 Å². The van der Waals surface area contributed by atoms with Crippen molar-refractivity contribution in [3.63, 3.8) is 0 Å². The molecule has 0 aromatic heterocycles. The summed E-state index contributed by atoms with van der Waals surface area (Å²) in [5, 5.41) is 7.93. The smallest absolute Gasteiger partial charge is 0.238 e. The molecule has 0 spiro atoms. The van der Waals surface area contributed by atoms with Crippen LogP contribution in [0.25, 0.3) is 0 Å². The number of nitrogens with one attached hydrogen (secondary N) is 1. The molecule has 1 atom stereocenters. The molecule has 2 aromatic rings. The van der Waals surface area contributed by atoms with E-state index in [2.05, 4.69) is 5.32 Å². The van der Waals surface area contributed by atoms with Crippen LogP contribution >= 0.6 is 11.8 Å². The molecule has 0 heterocycles. The third kappa shape index (κ3) is 6.15. The first-order valence-corrected chi connectivity index (χ1v) is 10.2. The van der Waals surface area contributed by atoms with E-state index in [4.69, 9.17) is 5.14 Å². The summed E-state index contributed by atoms with van der Waals surface area (Å²) in [5.41, 5.74) is 1.59. The van der Waals surface area contributed by atoms with Gasteiger partial charge in [-0.2, -0.15) is 0 Å². The Morgan fingerprint density at radius 2 is 1.92 bits per heavy atom. The van der Waals surface area contributed by atoms with Gasteiger partial charge in [0.15, 0.2) is 0 Å². The number of carbonyl (C=O) groups is 1. The highest BCUT2D eigenvalue weighted by Gasteiger charge is 2.13. The maximum Gasteiger partial charge on any atom is 0.238 e. The third-order valence-electron chi connectivity index (χ3n) is 3.48. The molecule has 134 valence electrons. The second-order valence-electron chi connectivity index (χ2n) is 5.53. The van der Waals surface area contributed by atoms with Crippen molar-refractivity contribution >= 4 is 27.7 Å². The molecular weight excluding hydrogens is 363 g/mol. The van der Waals surface area contributed by atoms with Crippen LogP contribution in [0.2, 0.25) is 0 Å². The van der Waals surface area contributed by atoms with Gasteiger partial charge >= 0.3 is 0 Å². The van der Waals surface area contributed by atoms with Gasteiger partial charge in [-0.1, -0.05) is 24.3 Å². The zero-order valence-electron chi connectivity index (χ0n) is 13.6. The van der Waals surface area contributed by atoms with Crippen molar-refractivity contribution in [3.05, 3.63) is 65.5 Å². The van der Waals surface area contributed by atoms with Gasteiger partial charge in [-0.05, 0) is 42.3 Å². The van der Waals surface area contributed by atoms with Crippen LogP contribution in [0, 0.1) is 5.82 Å². The molecule has 25 heavy (non-hydrogen) atoms. The highest BCUT2D eigenvalue weighted by molar-refractivity contribution is 7.99. The van der Waals surface area contributed by atoms with Crippen molar-refractivity contribution in [1.29, 1.82) is 0 Å². The molecule has 0 saturated heterocycles. The van der Waals surface area contributed by atoms with E-state index in [-0.39, 0.29) is 28.4 Å². The van der Waals surface area contributed by atoms with Crippen LogP contribution in [0.4, 0.5) is 4.39 Å². The summed E-state index contributed by atoms with van der Waals surface area (Å²) in [5.74, 6) is 0.391. The lowest BCUT2D eigenvalue weighted by atomic mass is 10.1. The lowest BCUT2D eigenvalue weighted by Crippen LogP contribution is -2.28. The number of sulfonamides is 1. The molecule has 2 aromatic carbocycles. The Morgan fingerprint density at radius 1 is 1.24 bits per heavy atom. The first kappa shape index (κ1) is 19.4. The minimum atomic E-state index is -3.78. The molecule has 0 saturated carbocycles. The number of primary sulfonamides is 1. The lowest BCUT2D eigenvalue weighted by molar-refractivity contribution is -0.119. The molecule has 1 unspecified atom stereocenters. The van der Waals surface area contributed by atoms with Gasteiger partial charge in [0, 0.05) is 5.75 Å². The van der Waals surface area contributed by atoms with E-state index in [9.17, 15) is 17.6 Å². The zero-order valence-corrected chi connectivity index (χ0v) is 15.2. The van der Waals surface area contributed by atoms with Gasteiger partial charge in [-0.15, -0.1) is 11.8 Å². The van der Waals surface area contributed by atoms with E-state index in [1.807, 2.05) is 0 Å². The fourth-order valence-electron chi connectivity index (χ4n) is 2.17. The van der Waals surface area contributed by atoms with E-state index >= 15 is 0 Å². The Kier molecular flexibility index (Phi) is 6.57. The SMILES string of the molecule is CC(NC(=O)CSCc1ccc(F)cc1)c1cccc(S(N)(=O)=O)c1. The van der Waals surface area contributed by atoms with E-state index in [0.29, 0.717) is 11.3 Å². The molecule has 3 N–H and O–H groups in total. The minimum Gasteiger partial charge on any atom is -0.349 e. The summed E-state index contributed by atoms with van der Waals surface area (Å²) in [4.78, 5) is 12.0. The van der Waals surface area contributed by atoms with Gasteiger partial charge in [0.05, 0.1) is 16.7 Å². The van der Waals surface area contributed by atoms with Gasteiger partial charge in [0.25, 0.3) is 0 Å². The number of carbonyl (C=O) groups excluding carboxylic acids is 1. The second-order valence-corrected chi connectivity index (χ2v) is 8.07. The molecule has 0 bridgehead atoms. The van der Waals surface area contributed by atoms with Gasteiger partial charge in [0.1, 0.15) is 5.82 Å². The van der Waals surface area contributed by atoms with Gasteiger partial charge in [-0.3, -0.25) is 4.79 Å².